The number of nitrogens with one attached hydrogen (secondary N) is 1. The molecule has 0 fully saturated rings. The molecule has 0 bridgehead atoms. The summed E-state index contributed by atoms with van der Waals surface area (Å²) >= 11 is 0. The molecule has 3 aromatic rings. The quantitative estimate of drug-likeness (QED) is 0.531. The van der Waals surface area contributed by atoms with Gasteiger partial charge in [0.05, 0.1) is 23.2 Å². The molecule has 0 aliphatic rings. The van der Waals surface area contributed by atoms with Gasteiger partial charge in [-0.1, -0.05) is 30.3 Å². The summed E-state index contributed by atoms with van der Waals surface area (Å²) in [7, 11) is 0. The molecular weight excluding hydrogens is 354 g/mol. The lowest BCUT2D eigenvalue weighted by Gasteiger charge is -2.12. The van der Waals surface area contributed by atoms with Crippen LogP contribution in [-0.2, 0) is 17.6 Å². The molecule has 0 amide bonds. The predicted molar refractivity (Wildman–Crippen MR) is 98.7 cm³/mol. The number of anilines is 1. The number of halogens is 2. The van der Waals surface area contributed by atoms with E-state index in [4.69, 9.17) is 10.5 Å². The molecule has 0 spiro atoms. The first-order chi connectivity index (χ1) is 12.9. The number of rotatable bonds is 5. The molecule has 3 N–H and O–H groups in total. The van der Waals surface area contributed by atoms with E-state index in [2.05, 4.69) is 4.98 Å². The number of carbonyl (C=O) groups is 1. The number of benzene rings is 2. The summed E-state index contributed by atoms with van der Waals surface area (Å²) in [6, 6.07) is 10.3. The first-order valence-electron chi connectivity index (χ1n) is 8.47. The van der Waals surface area contributed by atoms with E-state index in [0.717, 1.165) is 11.6 Å². The molecule has 27 heavy (non-hydrogen) atoms. The molecule has 0 aliphatic heterocycles. The number of hydrogen-bond acceptors (Lipinski definition) is 4. The summed E-state index contributed by atoms with van der Waals surface area (Å²) in [6.45, 7) is 1.68. The number of fused-ring (bicyclic) bond motifs is 1. The molecule has 1 heterocycles. The van der Waals surface area contributed by atoms with Crippen molar-refractivity contribution in [2.45, 2.75) is 19.8 Å². The number of hydrogen-bond donors (Lipinski definition) is 2. The van der Waals surface area contributed by atoms with E-state index in [1.165, 1.54) is 0 Å². The number of nitrogens with two attached hydrogens (primary N) is 1. The SMILES string of the molecule is CCOC(=O)c1c(CCc2ccccc2)[nH]c2cc(F)c(F)c(N)c2c1=O. The highest BCUT2D eigenvalue weighted by Gasteiger charge is 2.23. The van der Waals surface area contributed by atoms with Gasteiger partial charge in [0, 0.05) is 11.8 Å². The van der Waals surface area contributed by atoms with Crippen molar-refractivity contribution >= 4 is 22.6 Å². The molecule has 0 radical (unpaired) electrons. The topological polar surface area (TPSA) is 85.2 Å². The van der Waals surface area contributed by atoms with Crippen LogP contribution in [0, 0.1) is 11.6 Å². The normalized spacial score (nSPS) is 10.9. The van der Waals surface area contributed by atoms with Gasteiger partial charge in [0.15, 0.2) is 11.6 Å². The number of ether oxygens (including phenoxy) is 1. The fourth-order valence-electron chi connectivity index (χ4n) is 3.00. The van der Waals surface area contributed by atoms with Gasteiger partial charge in [-0.05, 0) is 25.3 Å². The van der Waals surface area contributed by atoms with Crippen LogP contribution < -0.4 is 11.2 Å². The minimum atomic E-state index is -1.32. The van der Waals surface area contributed by atoms with Gasteiger partial charge in [0.2, 0.25) is 5.43 Å². The largest absolute Gasteiger partial charge is 0.462 e. The van der Waals surface area contributed by atoms with Crippen molar-refractivity contribution in [1.82, 2.24) is 4.98 Å². The standard InChI is InChI=1S/C20H18F2N2O3/c1-2-27-20(26)16-13(9-8-11-6-4-3-5-7-11)24-14-10-12(21)17(22)18(23)15(14)19(16)25/h3-7,10H,2,8-9,23H2,1H3,(H,24,25). The fourth-order valence-corrected chi connectivity index (χ4v) is 3.00. The summed E-state index contributed by atoms with van der Waals surface area (Å²) in [5.74, 6) is -3.32. The summed E-state index contributed by atoms with van der Waals surface area (Å²) in [4.78, 5) is 28.1. The van der Waals surface area contributed by atoms with Crippen molar-refractivity contribution in [2.24, 2.45) is 0 Å². The summed E-state index contributed by atoms with van der Waals surface area (Å²) in [5, 5.41) is -0.264. The molecule has 0 unspecified atom stereocenters. The minimum absolute atomic E-state index is 0.0347. The molecule has 2 aromatic carbocycles. The second-order valence-electron chi connectivity index (χ2n) is 6.02. The zero-order chi connectivity index (χ0) is 19.6. The van der Waals surface area contributed by atoms with Crippen molar-refractivity contribution < 1.29 is 18.3 Å². The number of H-pyrrole nitrogens is 1. The Morgan fingerprint density at radius 3 is 2.56 bits per heavy atom. The third-order valence-corrected chi connectivity index (χ3v) is 4.28. The summed E-state index contributed by atoms with van der Waals surface area (Å²) in [6.07, 6.45) is 0.843. The molecule has 0 atom stereocenters. The van der Waals surface area contributed by atoms with Gasteiger partial charge >= 0.3 is 5.97 Å². The lowest BCUT2D eigenvalue weighted by molar-refractivity contribution is 0.0523. The Morgan fingerprint density at radius 2 is 1.89 bits per heavy atom. The predicted octanol–water partition coefficient (Wildman–Crippen LogP) is 3.35. The highest BCUT2D eigenvalue weighted by molar-refractivity contribution is 5.98. The smallest absolute Gasteiger partial charge is 0.343 e. The molecule has 7 heteroatoms. The summed E-state index contributed by atoms with van der Waals surface area (Å²) < 4.78 is 32.5. The van der Waals surface area contributed by atoms with Gasteiger partial charge in [-0.2, -0.15) is 0 Å². The Labute approximate surface area is 153 Å². The second-order valence-corrected chi connectivity index (χ2v) is 6.02. The molecule has 3 rings (SSSR count). The van der Waals surface area contributed by atoms with Crippen LogP contribution in [0.3, 0.4) is 0 Å². The number of esters is 1. The van der Waals surface area contributed by atoms with Crippen molar-refractivity contribution in [1.29, 1.82) is 0 Å². The highest BCUT2D eigenvalue weighted by Crippen LogP contribution is 2.24. The lowest BCUT2D eigenvalue weighted by atomic mass is 10.0. The third kappa shape index (κ3) is 3.53. The maximum absolute atomic E-state index is 13.8. The highest BCUT2D eigenvalue weighted by atomic mass is 19.2. The number of aromatic nitrogens is 1. The van der Waals surface area contributed by atoms with Crippen LogP contribution >= 0.6 is 0 Å². The first-order valence-corrected chi connectivity index (χ1v) is 8.47. The van der Waals surface area contributed by atoms with E-state index in [1.807, 2.05) is 30.3 Å². The Balaban J connectivity index is 2.17. The Hall–Kier alpha value is -3.22. The fraction of sp³-hybridized carbons (Fsp3) is 0.200. The first kappa shape index (κ1) is 18.6. The zero-order valence-electron chi connectivity index (χ0n) is 14.6. The van der Waals surface area contributed by atoms with Crippen molar-refractivity contribution in [3.05, 3.63) is 75.1 Å². The average molecular weight is 372 g/mol. The van der Waals surface area contributed by atoms with Crippen LogP contribution in [0.2, 0.25) is 0 Å². The molecule has 1 aromatic heterocycles. The Morgan fingerprint density at radius 1 is 1.19 bits per heavy atom. The molecule has 0 aliphatic carbocycles. The monoisotopic (exact) mass is 372 g/mol. The summed E-state index contributed by atoms with van der Waals surface area (Å²) in [5.41, 5.74) is 5.27. The number of nitrogen functional groups attached to an aromatic ring is 1. The maximum atomic E-state index is 13.8. The lowest BCUT2D eigenvalue weighted by Crippen LogP contribution is -2.23. The van der Waals surface area contributed by atoms with Gasteiger partial charge in [-0.3, -0.25) is 4.79 Å². The van der Waals surface area contributed by atoms with Crippen molar-refractivity contribution in [2.75, 3.05) is 12.3 Å². The molecule has 5 nitrogen and oxygen atoms in total. The van der Waals surface area contributed by atoms with Gasteiger partial charge < -0.3 is 15.5 Å². The zero-order valence-corrected chi connectivity index (χ0v) is 14.6. The molecule has 0 saturated carbocycles. The van der Waals surface area contributed by atoms with E-state index in [0.29, 0.717) is 18.5 Å². The van der Waals surface area contributed by atoms with Gasteiger partial charge in [0.1, 0.15) is 5.56 Å². The molecular formula is C20H18F2N2O3. The van der Waals surface area contributed by atoms with Crippen LogP contribution in [0.25, 0.3) is 10.9 Å². The van der Waals surface area contributed by atoms with E-state index in [1.54, 1.807) is 6.92 Å². The van der Waals surface area contributed by atoms with Gasteiger partial charge in [-0.25, -0.2) is 13.6 Å². The number of pyridine rings is 1. The average Bonchev–Trinajstić information content (AvgIpc) is 2.65. The second kappa shape index (κ2) is 7.57. The van der Waals surface area contributed by atoms with Crippen LogP contribution in [-0.4, -0.2) is 17.6 Å². The number of aromatic amines is 1. The minimum Gasteiger partial charge on any atom is -0.462 e. The number of aryl methyl sites for hydroxylation is 2. The van der Waals surface area contributed by atoms with Crippen LogP contribution in [0.1, 0.15) is 28.5 Å². The maximum Gasteiger partial charge on any atom is 0.343 e. The van der Waals surface area contributed by atoms with E-state index in [-0.39, 0.29) is 23.1 Å². The van der Waals surface area contributed by atoms with Crippen molar-refractivity contribution in [3.63, 3.8) is 0 Å². The Kier molecular flexibility index (Phi) is 5.21. The van der Waals surface area contributed by atoms with E-state index < -0.39 is 28.7 Å². The van der Waals surface area contributed by atoms with Gasteiger partial charge in [0.25, 0.3) is 0 Å². The van der Waals surface area contributed by atoms with E-state index >= 15 is 0 Å². The third-order valence-electron chi connectivity index (χ3n) is 4.28. The van der Waals surface area contributed by atoms with Crippen LogP contribution in [0.5, 0.6) is 0 Å². The van der Waals surface area contributed by atoms with E-state index in [9.17, 15) is 18.4 Å². The van der Waals surface area contributed by atoms with Crippen molar-refractivity contribution in [3.8, 4) is 0 Å². The molecule has 140 valence electrons. The Bertz CT molecular complexity index is 1060. The van der Waals surface area contributed by atoms with Crippen LogP contribution in [0.4, 0.5) is 14.5 Å². The van der Waals surface area contributed by atoms with Gasteiger partial charge in [-0.15, -0.1) is 0 Å². The molecule has 0 saturated heterocycles. The van der Waals surface area contributed by atoms with Crippen LogP contribution in [0.15, 0.2) is 41.2 Å². The number of carbonyl (C=O) groups excluding carboxylic acids is 1.